The van der Waals surface area contributed by atoms with Crippen LogP contribution in [0.15, 0.2) is 30.5 Å². The summed E-state index contributed by atoms with van der Waals surface area (Å²) in [6, 6.07) is 8.17. The molecule has 5 heteroatoms. The lowest BCUT2D eigenvalue weighted by atomic mass is 10.0. The maximum absolute atomic E-state index is 12.1. The van der Waals surface area contributed by atoms with Gasteiger partial charge in [0.2, 0.25) is 5.91 Å². The molecule has 0 aliphatic carbocycles. The maximum atomic E-state index is 12.1. The fourth-order valence-electron chi connectivity index (χ4n) is 3.34. The molecule has 1 aromatic carbocycles. The number of aromatic nitrogens is 1. The standard InChI is InChI=1S/C19H26N2O3/c1-14(11-19(2)23-9-10-24-19)12-21-18(22)8-7-15-13-20-17-6-4-3-5-16(15)17/h3-6,13-14,20H,7-12H2,1-2H3,(H,21,22)/t14-/m0/s1. The second-order valence-corrected chi connectivity index (χ2v) is 6.80. The highest BCUT2D eigenvalue weighted by Crippen LogP contribution is 2.26. The van der Waals surface area contributed by atoms with Gasteiger partial charge >= 0.3 is 0 Å². The lowest BCUT2D eigenvalue weighted by Gasteiger charge is -2.26. The van der Waals surface area contributed by atoms with Crippen molar-refractivity contribution in [1.82, 2.24) is 10.3 Å². The summed E-state index contributed by atoms with van der Waals surface area (Å²) in [4.78, 5) is 15.4. The predicted molar refractivity (Wildman–Crippen MR) is 93.7 cm³/mol. The van der Waals surface area contributed by atoms with E-state index in [0.29, 0.717) is 32.1 Å². The maximum Gasteiger partial charge on any atom is 0.220 e. The van der Waals surface area contributed by atoms with Crippen LogP contribution >= 0.6 is 0 Å². The van der Waals surface area contributed by atoms with Crippen LogP contribution in [0.25, 0.3) is 10.9 Å². The Hall–Kier alpha value is -1.85. The summed E-state index contributed by atoms with van der Waals surface area (Å²) in [7, 11) is 0. The van der Waals surface area contributed by atoms with E-state index in [1.165, 1.54) is 10.9 Å². The molecule has 130 valence electrons. The first kappa shape index (κ1) is 17.0. The number of aromatic amines is 1. The monoisotopic (exact) mass is 330 g/mol. The van der Waals surface area contributed by atoms with Gasteiger partial charge in [-0.3, -0.25) is 4.79 Å². The second kappa shape index (κ2) is 7.36. The van der Waals surface area contributed by atoms with Crippen LogP contribution in [0.4, 0.5) is 0 Å². The van der Waals surface area contributed by atoms with Crippen molar-refractivity contribution in [2.75, 3.05) is 19.8 Å². The van der Waals surface area contributed by atoms with E-state index in [0.717, 1.165) is 18.4 Å². The number of hydrogen-bond acceptors (Lipinski definition) is 3. The van der Waals surface area contributed by atoms with Gasteiger partial charge in [0.15, 0.2) is 5.79 Å². The smallest absolute Gasteiger partial charge is 0.220 e. The molecule has 0 spiro atoms. The minimum Gasteiger partial charge on any atom is -0.361 e. The van der Waals surface area contributed by atoms with Crippen molar-refractivity contribution in [3.05, 3.63) is 36.0 Å². The molecule has 0 bridgehead atoms. The highest BCUT2D eigenvalue weighted by molar-refractivity contribution is 5.84. The van der Waals surface area contributed by atoms with E-state index in [2.05, 4.69) is 23.3 Å². The summed E-state index contributed by atoms with van der Waals surface area (Å²) in [6.45, 7) is 6.03. The van der Waals surface area contributed by atoms with Crippen LogP contribution in [0.1, 0.15) is 32.3 Å². The molecule has 2 aromatic rings. The molecular weight excluding hydrogens is 304 g/mol. The van der Waals surface area contributed by atoms with Crippen LogP contribution in [-0.2, 0) is 20.7 Å². The van der Waals surface area contributed by atoms with E-state index in [9.17, 15) is 4.79 Å². The molecule has 1 aliphatic rings. The Morgan fingerprint density at radius 2 is 2.08 bits per heavy atom. The lowest BCUT2D eigenvalue weighted by Crippen LogP contribution is -2.34. The Morgan fingerprint density at radius 3 is 2.88 bits per heavy atom. The van der Waals surface area contributed by atoms with E-state index < -0.39 is 5.79 Å². The molecule has 1 atom stereocenters. The summed E-state index contributed by atoms with van der Waals surface area (Å²) >= 11 is 0. The minimum absolute atomic E-state index is 0.0885. The van der Waals surface area contributed by atoms with Crippen LogP contribution in [0, 0.1) is 5.92 Å². The average Bonchev–Trinajstić information content (AvgIpc) is 3.17. The van der Waals surface area contributed by atoms with Gasteiger partial charge in [-0.1, -0.05) is 25.1 Å². The molecule has 0 unspecified atom stereocenters. The van der Waals surface area contributed by atoms with Crippen molar-refractivity contribution < 1.29 is 14.3 Å². The van der Waals surface area contributed by atoms with Gasteiger partial charge in [-0.2, -0.15) is 0 Å². The van der Waals surface area contributed by atoms with Crippen molar-refractivity contribution in [2.45, 2.75) is 38.9 Å². The van der Waals surface area contributed by atoms with Gasteiger partial charge in [0.1, 0.15) is 0 Å². The molecule has 0 saturated carbocycles. The fraction of sp³-hybridized carbons (Fsp3) is 0.526. The molecule has 2 N–H and O–H groups in total. The first-order chi connectivity index (χ1) is 11.6. The Balaban J connectivity index is 1.42. The third kappa shape index (κ3) is 4.16. The number of rotatable bonds is 7. The zero-order chi connectivity index (χ0) is 17.0. The van der Waals surface area contributed by atoms with Gasteiger partial charge in [-0.25, -0.2) is 0 Å². The first-order valence-electron chi connectivity index (χ1n) is 8.65. The molecule has 1 aliphatic heterocycles. The van der Waals surface area contributed by atoms with Gasteiger partial charge in [0, 0.05) is 36.5 Å². The normalized spacial score (nSPS) is 17.9. The Morgan fingerprint density at radius 1 is 1.33 bits per heavy atom. The number of benzene rings is 1. The summed E-state index contributed by atoms with van der Waals surface area (Å²) in [5, 5.41) is 4.22. The second-order valence-electron chi connectivity index (χ2n) is 6.80. The molecule has 3 rings (SSSR count). The van der Waals surface area contributed by atoms with Crippen LogP contribution in [0.2, 0.25) is 0 Å². The third-order valence-electron chi connectivity index (χ3n) is 4.56. The highest BCUT2D eigenvalue weighted by Gasteiger charge is 2.32. The van der Waals surface area contributed by atoms with E-state index in [4.69, 9.17) is 9.47 Å². The van der Waals surface area contributed by atoms with Gasteiger partial charge in [-0.15, -0.1) is 0 Å². The van der Waals surface area contributed by atoms with Crippen LogP contribution in [0.3, 0.4) is 0 Å². The van der Waals surface area contributed by atoms with Gasteiger partial charge < -0.3 is 19.8 Å². The molecule has 1 amide bonds. The molecule has 5 nitrogen and oxygen atoms in total. The fourth-order valence-corrected chi connectivity index (χ4v) is 3.34. The van der Waals surface area contributed by atoms with Crippen molar-refractivity contribution in [3.63, 3.8) is 0 Å². The minimum atomic E-state index is -0.492. The van der Waals surface area contributed by atoms with Crippen molar-refractivity contribution in [2.24, 2.45) is 5.92 Å². The van der Waals surface area contributed by atoms with Crippen molar-refractivity contribution in [1.29, 1.82) is 0 Å². The Labute approximate surface area is 142 Å². The van der Waals surface area contributed by atoms with Crippen LogP contribution in [-0.4, -0.2) is 36.4 Å². The summed E-state index contributed by atoms with van der Waals surface area (Å²) < 4.78 is 11.2. The van der Waals surface area contributed by atoms with E-state index in [1.807, 2.05) is 31.3 Å². The molecule has 1 aromatic heterocycles. The Bertz CT molecular complexity index is 689. The number of amides is 1. The zero-order valence-corrected chi connectivity index (χ0v) is 14.4. The van der Waals surface area contributed by atoms with E-state index in [-0.39, 0.29) is 5.91 Å². The summed E-state index contributed by atoms with van der Waals surface area (Å²) in [5.41, 5.74) is 2.31. The molecule has 2 heterocycles. The van der Waals surface area contributed by atoms with Crippen LogP contribution < -0.4 is 5.32 Å². The molecule has 1 saturated heterocycles. The number of carbonyl (C=O) groups excluding carboxylic acids is 1. The summed E-state index contributed by atoms with van der Waals surface area (Å²) in [5.74, 6) is -0.0931. The molecular formula is C19H26N2O3. The number of aryl methyl sites for hydroxylation is 1. The van der Waals surface area contributed by atoms with Crippen LogP contribution in [0.5, 0.6) is 0 Å². The third-order valence-corrected chi connectivity index (χ3v) is 4.56. The van der Waals surface area contributed by atoms with E-state index in [1.54, 1.807) is 0 Å². The van der Waals surface area contributed by atoms with Crippen molar-refractivity contribution in [3.8, 4) is 0 Å². The molecule has 24 heavy (non-hydrogen) atoms. The quantitative estimate of drug-likeness (QED) is 0.820. The number of carbonyl (C=O) groups is 1. The van der Waals surface area contributed by atoms with Crippen molar-refractivity contribution >= 4 is 16.8 Å². The van der Waals surface area contributed by atoms with Gasteiger partial charge in [0.05, 0.1) is 13.2 Å². The number of ether oxygens (including phenoxy) is 2. The first-order valence-corrected chi connectivity index (χ1v) is 8.65. The lowest BCUT2D eigenvalue weighted by molar-refractivity contribution is -0.154. The topological polar surface area (TPSA) is 63.4 Å². The number of H-pyrrole nitrogens is 1. The molecule has 1 fully saturated rings. The number of nitrogens with one attached hydrogen (secondary N) is 2. The number of hydrogen-bond donors (Lipinski definition) is 2. The average molecular weight is 330 g/mol. The largest absolute Gasteiger partial charge is 0.361 e. The van der Waals surface area contributed by atoms with E-state index >= 15 is 0 Å². The predicted octanol–water partition coefficient (Wildman–Crippen LogP) is 3.01. The van der Waals surface area contributed by atoms with Gasteiger partial charge in [0.25, 0.3) is 0 Å². The number of para-hydroxylation sites is 1. The van der Waals surface area contributed by atoms with Gasteiger partial charge in [-0.05, 0) is 30.9 Å². The Kier molecular flexibility index (Phi) is 5.21. The number of fused-ring (bicyclic) bond motifs is 1. The zero-order valence-electron chi connectivity index (χ0n) is 14.4. The highest BCUT2D eigenvalue weighted by atomic mass is 16.7. The SMILES string of the molecule is C[C@H](CNC(=O)CCc1c[nH]c2ccccc12)CC1(C)OCCO1. The summed E-state index contributed by atoms with van der Waals surface area (Å²) in [6.07, 6.45) is 4.03. The molecule has 0 radical (unpaired) electrons.